The number of aromatic amines is 1. The van der Waals surface area contributed by atoms with Crippen LogP contribution in [0, 0.1) is 0 Å². The fraction of sp³-hybridized carbons (Fsp3) is 0.750. The highest BCUT2D eigenvalue weighted by Crippen LogP contribution is 2.07. The minimum Gasteiger partial charge on any atom is -0.338 e. The maximum atomic E-state index is 11.5. The van der Waals surface area contributed by atoms with Crippen LogP contribution in [-0.4, -0.2) is 28.5 Å². The number of nitrogens with zero attached hydrogens (tertiary/aromatic N) is 1. The molecule has 0 aliphatic carbocycles. The zero-order valence-corrected chi connectivity index (χ0v) is 17.5. The first-order valence-electron chi connectivity index (χ1n) is 10.4. The lowest BCUT2D eigenvalue weighted by atomic mass is 10.1. The van der Waals surface area contributed by atoms with Crippen molar-refractivity contribution in [3.8, 4) is 0 Å². The molecule has 0 aliphatic rings. The third-order valence-corrected chi connectivity index (χ3v) is 4.91. The van der Waals surface area contributed by atoms with E-state index < -0.39 is 0 Å². The van der Waals surface area contributed by atoms with Crippen LogP contribution in [0.2, 0.25) is 0 Å². The van der Waals surface area contributed by atoms with Gasteiger partial charge in [0.15, 0.2) is 0 Å². The number of allylic oxidation sites excluding steroid dienone is 2. The third-order valence-electron chi connectivity index (χ3n) is 4.34. The number of aromatic nitrogens is 2. The fourth-order valence-corrected chi connectivity index (χ4v) is 3.23. The molecule has 27 heavy (non-hydrogen) atoms. The molecule has 0 saturated heterocycles. The van der Waals surface area contributed by atoms with Gasteiger partial charge in [0.1, 0.15) is 5.82 Å². The molecule has 0 aromatic carbocycles. The minimum atomic E-state index is -0.0587. The summed E-state index contributed by atoms with van der Waals surface area (Å²) in [6, 6.07) is -0.0391. The Bertz CT molecular complexity index is 568. The molecule has 1 heterocycles. The molecule has 0 unspecified atom stereocenters. The van der Waals surface area contributed by atoms with Gasteiger partial charge in [-0.05, 0) is 44.9 Å². The molecule has 0 saturated carbocycles. The molecule has 7 heteroatoms. The molecule has 0 fully saturated rings. The number of urea groups is 1. The summed E-state index contributed by atoms with van der Waals surface area (Å²) in [7, 11) is 0. The van der Waals surface area contributed by atoms with E-state index >= 15 is 0 Å². The summed E-state index contributed by atoms with van der Waals surface area (Å²) in [5, 5.41) is 5.79. The SMILES string of the molecule is CCCCCNC(=O)NCCCC/C=C\CCCCCCc1nsc(=O)[nH]1. The summed E-state index contributed by atoms with van der Waals surface area (Å²) in [5.74, 6) is 0.827. The number of carbonyl (C=O) groups excluding carboxylic acids is 1. The molecule has 1 aromatic rings. The van der Waals surface area contributed by atoms with E-state index in [-0.39, 0.29) is 10.9 Å². The highest BCUT2D eigenvalue weighted by atomic mass is 32.1. The van der Waals surface area contributed by atoms with Crippen molar-refractivity contribution in [2.24, 2.45) is 0 Å². The van der Waals surface area contributed by atoms with Crippen molar-refractivity contribution in [1.82, 2.24) is 20.0 Å². The van der Waals surface area contributed by atoms with Gasteiger partial charge in [-0.2, -0.15) is 4.37 Å². The van der Waals surface area contributed by atoms with Gasteiger partial charge in [-0.3, -0.25) is 9.78 Å². The second-order valence-electron chi connectivity index (χ2n) is 6.85. The van der Waals surface area contributed by atoms with E-state index in [4.69, 9.17) is 0 Å². The minimum absolute atomic E-state index is 0.0391. The van der Waals surface area contributed by atoms with E-state index in [1.165, 1.54) is 32.1 Å². The summed E-state index contributed by atoms with van der Waals surface area (Å²) in [4.78, 5) is 25.2. The van der Waals surface area contributed by atoms with Crippen LogP contribution in [0.5, 0.6) is 0 Å². The standard InChI is InChI=1S/C20H36N4O2S/c1-2-3-13-16-21-19(25)22-17-14-11-9-7-5-4-6-8-10-12-15-18-23-20(26)27-24-18/h5,7H,2-4,6,8-17H2,1H3,(H2,21,22,25)(H,23,24,26)/b7-5-. The van der Waals surface area contributed by atoms with Gasteiger partial charge >= 0.3 is 10.9 Å². The van der Waals surface area contributed by atoms with E-state index in [1.807, 2.05) is 0 Å². The molecule has 1 aromatic heterocycles. The zero-order valence-electron chi connectivity index (χ0n) is 16.7. The molecule has 1 rings (SSSR count). The van der Waals surface area contributed by atoms with E-state index in [2.05, 4.69) is 39.1 Å². The van der Waals surface area contributed by atoms with Crippen LogP contribution in [0.1, 0.15) is 83.4 Å². The van der Waals surface area contributed by atoms with E-state index in [0.717, 1.165) is 75.4 Å². The average Bonchev–Trinajstić information content (AvgIpc) is 3.08. The lowest BCUT2D eigenvalue weighted by molar-refractivity contribution is 0.240. The molecule has 0 spiro atoms. The van der Waals surface area contributed by atoms with Gasteiger partial charge in [0.05, 0.1) is 0 Å². The van der Waals surface area contributed by atoms with Gasteiger partial charge in [0, 0.05) is 31.0 Å². The summed E-state index contributed by atoms with van der Waals surface area (Å²) >= 11 is 1.00. The van der Waals surface area contributed by atoms with Crippen LogP contribution in [0.4, 0.5) is 4.79 Å². The predicted molar refractivity (Wildman–Crippen MR) is 113 cm³/mol. The Kier molecular flexibility index (Phi) is 14.3. The first-order chi connectivity index (χ1) is 13.2. The molecule has 0 bridgehead atoms. The van der Waals surface area contributed by atoms with Crippen molar-refractivity contribution in [2.45, 2.75) is 84.0 Å². The summed E-state index contributed by atoms with van der Waals surface area (Å²) < 4.78 is 4.07. The Hall–Kier alpha value is -1.63. The Balaban J connectivity index is 1.81. The first kappa shape index (κ1) is 23.4. The van der Waals surface area contributed by atoms with Gasteiger partial charge in [0.2, 0.25) is 0 Å². The number of H-pyrrole nitrogens is 1. The maximum Gasteiger partial charge on any atom is 0.323 e. The van der Waals surface area contributed by atoms with Gasteiger partial charge < -0.3 is 10.6 Å². The Morgan fingerprint density at radius 3 is 2.22 bits per heavy atom. The van der Waals surface area contributed by atoms with Gasteiger partial charge in [0.25, 0.3) is 0 Å². The molecular formula is C20H36N4O2S. The quantitative estimate of drug-likeness (QED) is 0.283. The van der Waals surface area contributed by atoms with Crippen LogP contribution in [0.25, 0.3) is 0 Å². The highest BCUT2D eigenvalue weighted by Gasteiger charge is 1.99. The lowest BCUT2D eigenvalue weighted by Crippen LogP contribution is -2.36. The fourth-order valence-electron chi connectivity index (χ4n) is 2.74. The normalized spacial score (nSPS) is 11.1. The summed E-state index contributed by atoms with van der Waals surface area (Å²) in [6.45, 7) is 3.68. The Morgan fingerprint density at radius 2 is 1.59 bits per heavy atom. The molecule has 3 N–H and O–H groups in total. The second-order valence-corrected chi connectivity index (χ2v) is 7.59. The largest absolute Gasteiger partial charge is 0.338 e. The van der Waals surface area contributed by atoms with E-state index in [0.29, 0.717) is 0 Å². The van der Waals surface area contributed by atoms with Crippen molar-refractivity contribution >= 4 is 17.6 Å². The van der Waals surface area contributed by atoms with E-state index in [9.17, 15) is 9.59 Å². The van der Waals surface area contributed by atoms with E-state index in [1.54, 1.807) is 0 Å². The van der Waals surface area contributed by atoms with Crippen molar-refractivity contribution < 1.29 is 4.79 Å². The average molecular weight is 397 g/mol. The summed E-state index contributed by atoms with van der Waals surface area (Å²) in [5.41, 5.74) is 0. The topological polar surface area (TPSA) is 86.9 Å². The first-order valence-corrected chi connectivity index (χ1v) is 11.2. The second kappa shape index (κ2) is 16.5. The van der Waals surface area contributed by atoms with Crippen molar-refractivity contribution in [2.75, 3.05) is 13.1 Å². The number of rotatable bonds is 16. The monoisotopic (exact) mass is 396 g/mol. The number of carbonyl (C=O) groups is 1. The number of unbranched alkanes of at least 4 members (excludes halogenated alkanes) is 8. The van der Waals surface area contributed by atoms with Crippen LogP contribution < -0.4 is 15.5 Å². The number of aryl methyl sites for hydroxylation is 1. The number of amides is 2. The maximum absolute atomic E-state index is 11.5. The van der Waals surface area contributed by atoms with Crippen LogP contribution in [0.15, 0.2) is 16.9 Å². The van der Waals surface area contributed by atoms with Crippen LogP contribution in [0.3, 0.4) is 0 Å². The van der Waals surface area contributed by atoms with Crippen molar-refractivity contribution in [3.63, 3.8) is 0 Å². The van der Waals surface area contributed by atoms with Crippen molar-refractivity contribution in [3.05, 3.63) is 27.6 Å². The molecular weight excluding hydrogens is 360 g/mol. The number of nitrogens with one attached hydrogen (secondary N) is 3. The summed E-state index contributed by atoms with van der Waals surface area (Å²) in [6.07, 6.45) is 17.8. The van der Waals surface area contributed by atoms with Crippen LogP contribution in [-0.2, 0) is 6.42 Å². The predicted octanol–water partition coefficient (Wildman–Crippen LogP) is 4.54. The number of hydrogen-bond donors (Lipinski definition) is 3. The smallest absolute Gasteiger partial charge is 0.323 e. The molecule has 6 nitrogen and oxygen atoms in total. The Labute approximate surface area is 167 Å². The van der Waals surface area contributed by atoms with Crippen molar-refractivity contribution in [1.29, 1.82) is 0 Å². The molecule has 0 aliphatic heterocycles. The molecule has 0 atom stereocenters. The zero-order chi connectivity index (χ0) is 19.6. The third kappa shape index (κ3) is 14.1. The van der Waals surface area contributed by atoms with Gasteiger partial charge in [-0.25, -0.2) is 4.79 Å². The highest BCUT2D eigenvalue weighted by molar-refractivity contribution is 7.02. The lowest BCUT2D eigenvalue weighted by Gasteiger charge is -2.06. The number of hydrogen-bond acceptors (Lipinski definition) is 4. The van der Waals surface area contributed by atoms with Crippen LogP contribution >= 0.6 is 11.5 Å². The Morgan fingerprint density at radius 1 is 0.963 bits per heavy atom. The molecule has 0 radical (unpaired) electrons. The van der Waals surface area contributed by atoms with Gasteiger partial charge in [-0.15, -0.1) is 0 Å². The molecule has 154 valence electrons. The van der Waals surface area contributed by atoms with Gasteiger partial charge in [-0.1, -0.05) is 44.8 Å². The molecule has 2 amide bonds.